The highest BCUT2D eigenvalue weighted by molar-refractivity contribution is 7.22. The molecule has 2 aromatic carbocycles. The number of nitrogens with zero attached hydrogens (tertiary/aromatic N) is 5. The number of hydrogen-bond acceptors (Lipinski definition) is 8. The Morgan fingerprint density at radius 2 is 1.81 bits per heavy atom. The first kappa shape index (κ1) is 20.7. The number of piperazine rings is 1. The fraction of sp³-hybridized carbons (Fsp3) is 0.273. The van der Waals surface area contributed by atoms with Crippen LogP contribution < -0.4 is 10.2 Å². The SMILES string of the molecule is CCOC(=O)N1CCN(c2nc3ccccc3nc2Nc2nc3ccc(Cl)cc3s2)CC1. The predicted octanol–water partition coefficient (Wildman–Crippen LogP) is 4.92. The zero-order chi connectivity index (χ0) is 22.1. The van der Waals surface area contributed by atoms with Gasteiger partial charge in [-0.25, -0.2) is 19.7 Å². The molecule has 0 saturated carbocycles. The Hall–Kier alpha value is -3.17. The average Bonchev–Trinajstić information content (AvgIpc) is 3.20. The monoisotopic (exact) mass is 468 g/mol. The van der Waals surface area contributed by atoms with Crippen molar-refractivity contribution in [1.29, 1.82) is 0 Å². The van der Waals surface area contributed by atoms with Crippen LogP contribution in [0.3, 0.4) is 0 Å². The molecule has 164 valence electrons. The van der Waals surface area contributed by atoms with Gasteiger partial charge in [0.15, 0.2) is 16.8 Å². The molecule has 3 heterocycles. The third-order valence-corrected chi connectivity index (χ3v) is 6.40. The van der Waals surface area contributed by atoms with E-state index < -0.39 is 0 Å². The molecule has 1 aliphatic rings. The number of rotatable bonds is 4. The first-order chi connectivity index (χ1) is 15.6. The predicted molar refractivity (Wildman–Crippen MR) is 128 cm³/mol. The highest BCUT2D eigenvalue weighted by Gasteiger charge is 2.25. The second-order valence-corrected chi connectivity index (χ2v) is 8.78. The lowest BCUT2D eigenvalue weighted by molar-refractivity contribution is 0.105. The largest absolute Gasteiger partial charge is 0.450 e. The summed E-state index contributed by atoms with van der Waals surface area (Å²) in [6.07, 6.45) is -0.275. The molecule has 1 saturated heterocycles. The summed E-state index contributed by atoms with van der Waals surface area (Å²) in [4.78, 5) is 30.3. The third-order valence-electron chi connectivity index (χ3n) is 5.23. The van der Waals surface area contributed by atoms with Gasteiger partial charge in [0.05, 0.1) is 27.9 Å². The minimum absolute atomic E-state index is 0.275. The van der Waals surface area contributed by atoms with Crippen molar-refractivity contribution in [1.82, 2.24) is 19.9 Å². The van der Waals surface area contributed by atoms with Gasteiger partial charge in [0, 0.05) is 31.2 Å². The van der Waals surface area contributed by atoms with Crippen molar-refractivity contribution in [2.24, 2.45) is 0 Å². The van der Waals surface area contributed by atoms with Crippen molar-refractivity contribution in [3.63, 3.8) is 0 Å². The first-order valence-corrected chi connectivity index (χ1v) is 11.6. The quantitative estimate of drug-likeness (QED) is 0.455. The second-order valence-electron chi connectivity index (χ2n) is 7.31. The molecular weight excluding hydrogens is 448 g/mol. The van der Waals surface area contributed by atoms with Crippen LogP contribution in [0.4, 0.5) is 21.6 Å². The number of aromatic nitrogens is 3. The number of amides is 1. The van der Waals surface area contributed by atoms with Gasteiger partial charge in [-0.3, -0.25) is 0 Å². The number of halogens is 1. The number of carbonyl (C=O) groups excluding carboxylic acids is 1. The van der Waals surface area contributed by atoms with E-state index in [4.69, 9.17) is 26.3 Å². The topological polar surface area (TPSA) is 83.5 Å². The number of ether oxygens (including phenoxy) is 1. The van der Waals surface area contributed by atoms with Gasteiger partial charge in [0.2, 0.25) is 0 Å². The summed E-state index contributed by atoms with van der Waals surface area (Å²) in [5, 5.41) is 4.77. The van der Waals surface area contributed by atoms with E-state index in [9.17, 15) is 4.79 Å². The summed E-state index contributed by atoms with van der Waals surface area (Å²) in [5.74, 6) is 1.38. The Balaban J connectivity index is 1.46. The van der Waals surface area contributed by atoms with E-state index in [-0.39, 0.29) is 6.09 Å². The lowest BCUT2D eigenvalue weighted by Crippen LogP contribution is -2.49. The molecule has 1 aliphatic heterocycles. The number of benzene rings is 2. The summed E-state index contributed by atoms with van der Waals surface area (Å²) in [5.41, 5.74) is 2.49. The Morgan fingerprint density at radius 3 is 2.56 bits per heavy atom. The number of para-hydroxylation sites is 2. The number of carbonyl (C=O) groups is 1. The van der Waals surface area contributed by atoms with Crippen LogP contribution in [0.5, 0.6) is 0 Å². The third kappa shape index (κ3) is 4.13. The molecule has 2 aromatic heterocycles. The Morgan fingerprint density at radius 1 is 1.06 bits per heavy atom. The van der Waals surface area contributed by atoms with Crippen LogP contribution in [0, 0.1) is 0 Å². The molecule has 8 nitrogen and oxygen atoms in total. The fourth-order valence-electron chi connectivity index (χ4n) is 3.66. The van der Waals surface area contributed by atoms with Crippen LogP contribution in [-0.4, -0.2) is 58.7 Å². The zero-order valence-corrected chi connectivity index (χ0v) is 19.0. The Bertz CT molecular complexity index is 1290. The number of nitrogens with one attached hydrogen (secondary N) is 1. The molecule has 5 rings (SSSR count). The van der Waals surface area contributed by atoms with E-state index in [0.29, 0.717) is 43.6 Å². The fourth-order valence-corrected chi connectivity index (χ4v) is 4.80. The molecule has 0 spiro atoms. The maximum absolute atomic E-state index is 12.1. The molecule has 1 fully saturated rings. The molecule has 0 aliphatic carbocycles. The van der Waals surface area contributed by atoms with Gasteiger partial charge in [-0.05, 0) is 37.3 Å². The van der Waals surface area contributed by atoms with Crippen molar-refractivity contribution >= 4 is 67.0 Å². The van der Waals surface area contributed by atoms with Crippen molar-refractivity contribution in [2.75, 3.05) is 43.0 Å². The maximum atomic E-state index is 12.1. The normalized spacial score (nSPS) is 14.2. The first-order valence-electron chi connectivity index (χ1n) is 10.4. The molecule has 0 atom stereocenters. The lowest BCUT2D eigenvalue weighted by Gasteiger charge is -2.35. The van der Waals surface area contributed by atoms with Crippen molar-refractivity contribution in [3.8, 4) is 0 Å². The smallest absolute Gasteiger partial charge is 0.409 e. The van der Waals surface area contributed by atoms with Crippen LogP contribution in [0.1, 0.15) is 6.92 Å². The van der Waals surface area contributed by atoms with Gasteiger partial charge in [0.25, 0.3) is 0 Å². The molecule has 0 bridgehead atoms. The van der Waals surface area contributed by atoms with E-state index in [1.807, 2.05) is 49.4 Å². The highest BCUT2D eigenvalue weighted by Crippen LogP contribution is 2.33. The van der Waals surface area contributed by atoms with Gasteiger partial charge in [-0.15, -0.1) is 0 Å². The molecule has 32 heavy (non-hydrogen) atoms. The van der Waals surface area contributed by atoms with Gasteiger partial charge in [-0.2, -0.15) is 0 Å². The Labute approximate surface area is 193 Å². The van der Waals surface area contributed by atoms with Crippen molar-refractivity contribution in [3.05, 3.63) is 47.5 Å². The standard InChI is InChI=1S/C22H21ClN6O2S/c1-2-31-22(30)29-11-9-28(10-12-29)20-19(24-15-5-3-4-6-16(15)25-20)27-21-26-17-8-7-14(23)13-18(17)32-21/h3-8,13H,2,9-12H2,1H3,(H,24,26,27). The molecule has 4 aromatic rings. The van der Waals surface area contributed by atoms with Crippen LogP contribution >= 0.6 is 22.9 Å². The van der Waals surface area contributed by atoms with Crippen LogP contribution in [-0.2, 0) is 4.74 Å². The Kier molecular flexibility index (Phi) is 5.67. The molecule has 0 radical (unpaired) electrons. The second kappa shape index (κ2) is 8.76. The van der Waals surface area contributed by atoms with Gasteiger partial charge < -0.3 is 19.9 Å². The summed E-state index contributed by atoms with van der Waals surface area (Å²) >= 11 is 7.64. The number of fused-ring (bicyclic) bond motifs is 2. The zero-order valence-electron chi connectivity index (χ0n) is 17.4. The minimum atomic E-state index is -0.275. The average molecular weight is 469 g/mol. The van der Waals surface area contributed by atoms with Crippen LogP contribution in [0.15, 0.2) is 42.5 Å². The molecule has 1 N–H and O–H groups in total. The summed E-state index contributed by atoms with van der Waals surface area (Å²) in [6.45, 7) is 4.58. The molecule has 0 unspecified atom stereocenters. The molecule has 1 amide bonds. The van der Waals surface area contributed by atoms with Crippen LogP contribution in [0.2, 0.25) is 5.02 Å². The lowest BCUT2D eigenvalue weighted by atomic mass is 10.3. The summed E-state index contributed by atoms with van der Waals surface area (Å²) < 4.78 is 6.13. The maximum Gasteiger partial charge on any atom is 0.409 e. The minimum Gasteiger partial charge on any atom is -0.450 e. The highest BCUT2D eigenvalue weighted by atomic mass is 35.5. The molecular formula is C22H21ClN6O2S. The van der Waals surface area contributed by atoms with E-state index in [1.165, 1.54) is 11.3 Å². The van der Waals surface area contributed by atoms with E-state index >= 15 is 0 Å². The van der Waals surface area contributed by atoms with Gasteiger partial charge in [0.1, 0.15) is 0 Å². The number of anilines is 3. The van der Waals surface area contributed by atoms with Crippen molar-refractivity contribution in [2.45, 2.75) is 6.92 Å². The number of thiazole rings is 1. The number of hydrogen-bond donors (Lipinski definition) is 1. The summed E-state index contributed by atoms with van der Waals surface area (Å²) in [6, 6.07) is 13.4. The molecule has 10 heteroatoms. The van der Waals surface area contributed by atoms with E-state index in [2.05, 4.69) is 15.2 Å². The van der Waals surface area contributed by atoms with E-state index in [0.717, 1.165) is 32.2 Å². The van der Waals surface area contributed by atoms with Gasteiger partial charge >= 0.3 is 6.09 Å². The van der Waals surface area contributed by atoms with Gasteiger partial charge in [-0.1, -0.05) is 35.1 Å². The van der Waals surface area contributed by atoms with E-state index in [1.54, 1.807) is 4.90 Å². The summed E-state index contributed by atoms with van der Waals surface area (Å²) in [7, 11) is 0. The van der Waals surface area contributed by atoms with Crippen molar-refractivity contribution < 1.29 is 9.53 Å². The van der Waals surface area contributed by atoms with Crippen LogP contribution in [0.25, 0.3) is 21.3 Å².